The highest BCUT2D eigenvalue weighted by molar-refractivity contribution is 6.02. The summed E-state index contributed by atoms with van der Waals surface area (Å²) in [6, 6.07) is 9.56. The number of aromatic amines is 1. The molecule has 4 rings (SSSR count). The van der Waals surface area contributed by atoms with Crippen LogP contribution in [0.2, 0.25) is 0 Å². The number of H-pyrrole nitrogens is 1. The molecule has 2 heterocycles. The number of esters is 1. The van der Waals surface area contributed by atoms with Crippen molar-refractivity contribution < 1.29 is 14.3 Å². The van der Waals surface area contributed by atoms with Crippen molar-refractivity contribution in [3.05, 3.63) is 59.5 Å². The summed E-state index contributed by atoms with van der Waals surface area (Å²) < 4.78 is 6.97. The van der Waals surface area contributed by atoms with Crippen molar-refractivity contribution in [1.29, 1.82) is 0 Å². The Morgan fingerprint density at radius 1 is 1.14 bits per heavy atom. The van der Waals surface area contributed by atoms with Crippen LogP contribution in [0.15, 0.2) is 42.7 Å². The minimum atomic E-state index is -0.478. The normalized spacial score (nSPS) is 18.0. The molecule has 1 aliphatic carbocycles. The summed E-state index contributed by atoms with van der Waals surface area (Å²) in [4.78, 5) is 28.2. The van der Waals surface area contributed by atoms with Crippen molar-refractivity contribution >= 4 is 29.8 Å². The molecule has 1 aliphatic rings. The van der Waals surface area contributed by atoms with Gasteiger partial charge in [-0.25, -0.2) is 9.48 Å². The molecule has 1 fully saturated rings. The molecule has 8 heteroatoms. The molecule has 0 unspecified atom stereocenters. The molecule has 0 saturated heterocycles. The first-order valence-corrected chi connectivity index (χ1v) is 12.7. The van der Waals surface area contributed by atoms with Crippen molar-refractivity contribution in [2.45, 2.75) is 59.4 Å². The Balaban J connectivity index is 1.65. The van der Waals surface area contributed by atoms with Crippen molar-refractivity contribution in [2.75, 3.05) is 11.5 Å². The number of amides is 1. The summed E-state index contributed by atoms with van der Waals surface area (Å²) in [5.74, 6) is 0.508. The molecule has 1 N–H and O–H groups in total. The number of benzene rings is 1. The first-order chi connectivity index (χ1) is 17.4. The highest BCUT2D eigenvalue weighted by Crippen LogP contribution is 2.33. The lowest BCUT2D eigenvalue weighted by Crippen LogP contribution is -2.43. The van der Waals surface area contributed by atoms with Crippen LogP contribution in [0.3, 0.4) is 0 Å². The Hall–Kier alpha value is -3.68. The van der Waals surface area contributed by atoms with Gasteiger partial charge in [0.05, 0.1) is 18.0 Å². The quantitative estimate of drug-likeness (QED) is 0.421. The molecule has 2 aromatic heterocycles. The van der Waals surface area contributed by atoms with E-state index in [9.17, 15) is 9.59 Å². The predicted octanol–water partition coefficient (Wildman–Crippen LogP) is 5.51. The molecule has 0 radical (unpaired) electrons. The average Bonchev–Trinajstić information content (AvgIpc) is 3.54. The molecule has 0 atom stereocenters. The van der Waals surface area contributed by atoms with Crippen molar-refractivity contribution in [3.8, 4) is 5.69 Å². The van der Waals surface area contributed by atoms with E-state index in [1.54, 1.807) is 28.9 Å². The van der Waals surface area contributed by atoms with E-state index in [0.29, 0.717) is 17.3 Å². The van der Waals surface area contributed by atoms with Crippen LogP contribution >= 0.6 is 0 Å². The Morgan fingerprint density at radius 2 is 1.86 bits per heavy atom. The fourth-order valence-corrected chi connectivity index (χ4v) is 4.62. The molecule has 36 heavy (non-hydrogen) atoms. The minimum absolute atomic E-state index is 0.0343. The molecule has 1 amide bonds. The van der Waals surface area contributed by atoms with Crippen molar-refractivity contribution in [2.24, 2.45) is 11.8 Å². The number of nitrogens with zero attached hydrogens (tertiary/aromatic N) is 4. The van der Waals surface area contributed by atoms with Gasteiger partial charge in [0.2, 0.25) is 5.91 Å². The first-order valence-electron chi connectivity index (χ1n) is 12.7. The number of hydrogen-bond acceptors (Lipinski definition) is 5. The van der Waals surface area contributed by atoms with Crippen LogP contribution in [-0.2, 0) is 9.53 Å². The average molecular weight is 490 g/mol. The van der Waals surface area contributed by atoms with Crippen LogP contribution in [0.1, 0.15) is 75.0 Å². The lowest BCUT2D eigenvalue weighted by atomic mass is 9.82. The van der Waals surface area contributed by atoms with Crippen molar-refractivity contribution in [1.82, 2.24) is 20.0 Å². The SMILES string of the molecule is CCOC(=O)c1cn(-c2ccc(/C=C\c3ccn[nH]3)cc2)nc1N(C(=O)[C@H]1CC[C@H](C)CC1)C(C)C. The zero-order valence-electron chi connectivity index (χ0n) is 21.5. The van der Waals surface area contributed by atoms with Gasteiger partial charge in [-0.05, 0) is 82.2 Å². The van der Waals surface area contributed by atoms with Gasteiger partial charge < -0.3 is 4.74 Å². The summed E-state index contributed by atoms with van der Waals surface area (Å²) >= 11 is 0. The second-order valence-corrected chi connectivity index (χ2v) is 9.73. The predicted molar refractivity (Wildman–Crippen MR) is 141 cm³/mol. The Kier molecular flexibility index (Phi) is 8.03. The zero-order valence-corrected chi connectivity index (χ0v) is 21.5. The van der Waals surface area contributed by atoms with E-state index in [-0.39, 0.29) is 24.5 Å². The lowest BCUT2D eigenvalue weighted by molar-refractivity contribution is -0.124. The standard InChI is InChI=1S/C28H35N5O3/c1-5-36-28(35)25-18-32(24-14-9-21(10-15-24)8-13-23-16-17-29-30-23)31-26(25)33(19(2)3)27(34)22-11-6-20(4)7-12-22/h8-10,13-20,22H,5-7,11-12H2,1-4H3,(H,29,30)/b13-8-/t20-,22-. The van der Waals surface area contributed by atoms with Gasteiger partial charge in [-0.2, -0.15) is 5.10 Å². The highest BCUT2D eigenvalue weighted by Gasteiger charge is 2.34. The van der Waals surface area contributed by atoms with Crippen LogP contribution < -0.4 is 4.90 Å². The molecule has 190 valence electrons. The Labute approximate surface area is 212 Å². The lowest BCUT2D eigenvalue weighted by Gasteiger charge is -2.32. The van der Waals surface area contributed by atoms with Crippen LogP contribution in [0.25, 0.3) is 17.8 Å². The smallest absolute Gasteiger partial charge is 0.343 e. The molecule has 0 bridgehead atoms. The van der Waals surface area contributed by atoms with Crippen LogP contribution in [-0.4, -0.2) is 44.5 Å². The van der Waals surface area contributed by atoms with Gasteiger partial charge in [-0.15, -0.1) is 5.10 Å². The third kappa shape index (κ3) is 5.75. The Morgan fingerprint density at radius 3 is 2.47 bits per heavy atom. The largest absolute Gasteiger partial charge is 0.462 e. The van der Waals surface area contributed by atoms with E-state index in [1.165, 1.54) is 0 Å². The second-order valence-electron chi connectivity index (χ2n) is 9.73. The molecule has 0 aliphatic heterocycles. The fourth-order valence-electron chi connectivity index (χ4n) is 4.62. The summed E-state index contributed by atoms with van der Waals surface area (Å²) in [5.41, 5.74) is 3.01. The maximum Gasteiger partial charge on any atom is 0.343 e. The monoisotopic (exact) mass is 489 g/mol. The Bertz CT molecular complexity index is 1190. The number of anilines is 1. The summed E-state index contributed by atoms with van der Waals surface area (Å²) in [7, 11) is 0. The number of carbonyl (C=O) groups is 2. The highest BCUT2D eigenvalue weighted by atomic mass is 16.5. The van der Waals surface area contributed by atoms with E-state index >= 15 is 0 Å². The molecule has 0 spiro atoms. The first kappa shape index (κ1) is 25.4. The van der Waals surface area contributed by atoms with Gasteiger partial charge in [0.25, 0.3) is 0 Å². The maximum absolute atomic E-state index is 13.6. The van der Waals surface area contributed by atoms with E-state index in [0.717, 1.165) is 42.6 Å². The minimum Gasteiger partial charge on any atom is -0.462 e. The summed E-state index contributed by atoms with van der Waals surface area (Å²) in [5, 5.41) is 11.6. The summed E-state index contributed by atoms with van der Waals surface area (Å²) in [6.07, 6.45) is 11.1. The van der Waals surface area contributed by atoms with E-state index in [4.69, 9.17) is 9.84 Å². The third-order valence-electron chi connectivity index (χ3n) is 6.67. The molecule has 8 nitrogen and oxygen atoms in total. The van der Waals surface area contributed by atoms with Crippen molar-refractivity contribution in [3.63, 3.8) is 0 Å². The van der Waals surface area contributed by atoms with E-state index in [2.05, 4.69) is 17.1 Å². The fraction of sp³-hybridized carbons (Fsp3) is 0.429. The topological polar surface area (TPSA) is 93.1 Å². The molecule has 3 aromatic rings. The zero-order chi connectivity index (χ0) is 25.7. The number of hydrogen-bond donors (Lipinski definition) is 1. The number of rotatable bonds is 8. The van der Waals surface area contributed by atoms with Crippen LogP contribution in [0, 0.1) is 11.8 Å². The summed E-state index contributed by atoms with van der Waals surface area (Å²) in [6.45, 7) is 8.17. The molecule has 1 saturated carbocycles. The second kappa shape index (κ2) is 11.4. The van der Waals surface area contributed by atoms with Crippen LogP contribution in [0.4, 0.5) is 5.82 Å². The number of aromatic nitrogens is 4. The third-order valence-corrected chi connectivity index (χ3v) is 6.67. The number of ether oxygens (including phenoxy) is 1. The van der Waals surface area contributed by atoms with E-state index in [1.807, 2.05) is 56.3 Å². The number of nitrogens with one attached hydrogen (secondary N) is 1. The molecular formula is C28H35N5O3. The van der Waals surface area contributed by atoms with Crippen LogP contribution in [0.5, 0.6) is 0 Å². The van der Waals surface area contributed by atoms with Gasteiger partial charge in [0, 0.05) is 24.4 Å². The van der Waals surface area contributed by atoms with Gasteiger partial charge in [0.15, 0.2) is 5.82 Å². The van der Waals surface area contributed by atoms with Gasteiger partial charge in [0.1, 0.15) is 5.56 Å². The van der Waals surface area contributed by atoms with Gasteiger partial charge in [-0.3, -0.25) is 14.8 Å². The maximum atomic E-state index is 13.6. The van der Waals surface area contributed by atoms with Gasteiger partial charge >= 0.3 is 5.97 Å². The molecular weight excluding hydrogens is 454 g/mol. The number of carbonyl (C=O) groups excluding carboxylic acids is 2. The molecule has 1 aromatic carbocycles. The van der Waals surface area contributed by atoms with Gasteiger partial charge in [-0.1, -0.05) is 25.1 Å². The van der Waals surface area contributed by atoms with E-state index < -0.39 is 5.97 Å².